The highest BCUT2D eigenvalue weighted by molar-refractivity contribution is 6.31. The lowest BCUT2D eigenvalue weighted by molar-refractivity contribution is -0.138. The van der Waals surface area contributed by atoms with Crippen LogP contribution in [0.25, 0.3) is 0 Å². The number of alkyl halides is 3. The first-order chi connectivity index (χ1) is 8.38. The molecule has 0 aliphatic carbocycles. The SMILES string of the molecule is CCCCC[C@@H](N)c1c(Cl)cccc1C(F)(F)F. The molecule has 0 bridgehead atoms. The van der Waals surface area contributed by atoms with E-state index >= 15 is 0 Å². The smallest absolute Gasteiger partial charge is 0.324 e. The van der Waals surface area contributed by atoms with E-state index in [0.717, 1.165) is 25.3 Å². The summed E-state index contributed by atoms with van der Waals surface area (Å²) in [5.74, 6) is 0. The maximum Gasteiger partial charge on any atom is 0.416 e. The van der Waals surface area contributed by atoms with Gasteiger partial charge in [-0.15, -0.1) is 0 Å². The quantitative estimate of drug-likeness (QED) is 0.759. The van der Waals surface area contributed by atoms with Gasteiger partial charge in [0.25, 0.3) is 0 Å². The molecule has 0 aliphatic heterocycles. The second-order valence-corrected chi connectivity index (χ2v) is 4.71. The molecule has 0 aliphatic rings. The fraction of sp³-hybridized carbons (Fsp3) is 0.538. The minimum Gasteiger partial charge on any atom is -0.324 e. The molecule has 2 N–H and O–H groups in total. The number of halogens is 4. The van der Waals surface area contributed by atoms with Gasteiger partial charge in [-0.25, -0.2) is 0 Å². The van der Waals surface area contributed by atoms with Crippen molar-refractivity contribution < 1.29 is 13.2 Å². The van der Waals surface area contributed by atoms with Gasteiger partial charge in [0.15, 0.2) is 0 Å². The predicted molar refractivity (Wildman–Crippen MR) is 67.5 cm³/mol. The van der Waals surface area contributed by atoms with Gasteiger partial charge in [0.2, 0.25) is 0 Å². The van der Waals surface area contributed by atoms with Crippen molar-refractivity contribution in [1.29, 1.82) is 0 Å². The molecule has 0 radical (unpaired) electrons. The lowest BCUT2D eigenvalue weighted by Crippen LogP contribution is -2.18. The largest absolute Gasteiger partial charge is 0.416 e. The van der Waals surface area contributed by atoms with Gasteiger partial charge in [-0.2, -0.15) is 13.2 Å². The van der Waals surface area contributed by atoms with E-state index in [1.165, 1.54) is 12.1 Å². The van der Waals surface area contributed by atoms with Gasteiger partial charge in [0.05, 0.1) is 5.56 Å². The van der Waals surface area contributed by atoms with E-state index in [9.17, 15) is 13.2 Å². The van der Waals surface area contributed by atoms with Crippen molar-refractivity contribution in [2.75, 3.05) is 0 Å². The molecular weight excluding hydrogens is 263 g/mol. The van der Waals surface area contributed by atoms with E-state index in [4.69, 9.17) is 17.3 Å². The van der Waals surface area contributed by atoms with Crippen molar-refractivity contribution in [1.82, 2.24) is 0 Å². The Morgan fingerprint density at radius 3 is 2.50 bits per heavy atom. The molecule has 5 heteroatoms. The van der Waals surface area contributed by atoms with Crippen LogP contribution in [0.4, 0.5) is 13.2 Å². The van der Waals surface area contributed by atoms with Crippen LogP contribution in [0.3, 0.4) is 0 Å². The summed E-state index contributed by atoms with van der Waals surface area (Å²) in [5, 5.41) is 0.0915. The van der Waals surface area contributed by atoms with Crippen LogP contribution >= 0.6 is 11.6 Å². The molecule has 1 aromatic rings. The molecule has 0 heterocycles. The van der Waals surface area contributed by atoms with Crippen LogP contribution in [0.15, 0.2) is 18.2 Å². The Bertz CT molecular complexity index is 390. The normalized spacial score (nSPS) is 13.7. The van der Waals surface area contributed by atoms with Gasteiger partial charge in [0.1, 0.15) is 0 Å². The summed E-state index contributed by atoms with van der Waals surface area (Å²) in [4.78, 5) is 0. The van der Waals surface area contributed by atoms with Crippen LogP contribution in [-0.2, 0) is 6.18 Å². The molecule has 0 amide bonds. The number of hydrogen-bond donors (Lipinski definition) is 1. The lowest BCUT2D eigenvalue weighted by Gasteiger charge is -2.19. The molecule has 0 fully saturated rings. The van der Waals surface area contributed by atoms with E-state index < -0.39 is 17.8 Å². The van der Waals surface area contributed by atoms with Gasteiger partial charge >= 0.3 is 6.18 Å². The summed E-state index contributed by atoms with van der Waals surface area (Å²) in [5.41, 5.74) is 5.14. The second kappa shape index (κ2) is 6.43. The van der Waals surface area contributed by atoms with Crippen molar-refractivity contribution in [3.05, 3.63) is 34.3 Å². The molecule has 0 spiro atoms. The van der Waals surface area contributed by atoms with Crippen LogP contribution in [0.5, 0.6) is 0 Å². The Hall–Kier alpha value is -0.740. The van der Waals surface area contributed by atoms with Crippen LogP contribution in [0.1, 0.15) is 49.8 Å². The summed E-state index contributed by atoms with van der Waals surface area (Å²) < 4.78 is 38.6. The molecule has 1 aromatic carbocycles. The van der Waals surface area contributed by atoms with Crippen LogP contribution in [0.2, 0.25) is 5.02 Å². The van der Waals surface area contributed by atoms with Crippen LogP contribution < -0.4 is 5.73 Å². The summed E-state index contributed by atoms with van der Waals surface area (Å²) in [7, 11) is 0. The Balaban J connectivity index is 2.99. The van der Waals surface area contributed by atoms with Crippen LogP contribution in [0, 0.1) is 0 Å². The van der Waals surface area contributed by atoms with Gasteiger partial charge in [-0.3, -0.25) is 0 Å². The summed E-state index contributed by atoms with van der Waals surface area (Å²) in [6, 6.07) is 3.11. The molecule has 1 rings (SSSR count). The molecule has 1 atom stereocenters. The van der Waals surface area contributed by atoms with Crippen molar-refractivity contribution >= 4 is 11.6 Å². The monoisotopic (exact) mass is 279 g/mol. The highest BCUT2D eigenvalue weighted by Crippen LogP contribution is 2.38. The van der Waals surface area contributed by atoms with E-state index in [-0.39, 0.29) is 10.6 Å². The summed E-state index contributed by atoms with van der Waals surface area (Å²) >= 11 is 5.86. The Labute approximate surface area is 110 Å². The molecular formula is C13H17ClF3N. The molecule has 0 unspecified atom stereocenters. The Morgan fingerprint density at radius 1 is 1.28 bits per heavy atom. The third-order valence-corrected chi connectivity index (χ3v) is 3.18. The highest BCUT2D eigenvalue weighted by atomic mass is 35.5. The van der Waals surface area contributed by atoms with Gasteiger partial charge in [0, 0.05) is 11.1 Å². The summed E-state index contributed by atoms with van der Waals surface area (Å²) in [6.07, 6.45) is -1.13. The molecule has 0 saturated heterocycles. The molecule has 0 saturated carbocycles. The zero-order chi connectivity index (χ0) is 13.8. The minimum atomic E-state index is -4.41. The fourth-order valence-electron chi connectivity index (χ4n) is 1.92. The van der Waals surface area contributed by atoms with Crippen molar-refractivity contribution in [2.24, 2.45) is 5.73 Å². The number of unbranched alkanes of at least 4 members (excludes halogenated alkanes) is 2. The lowest BCUT2D eigenvalue weighted by atomic mass is 9.96. The van der Waals surface area contributed by atoms with Gasteiger partial charge in [-0.1, -0.05) is 43.9 Å². The standard InChI is InChI=1S/C13H17ClF3N/c1-2-3-4-8-11(18)12-9(13(15,16)17)6-5-7-10(12)14/h5-7,11H,2-4,8,18H2,1H3/t11-/m1/s1. The zero-order valence-electron chi connectivity index (χ0n) is 10.2. The first-order valence-corrected chi connectivity index (χ1v) is 6.37. The van der Waals surface area contributed by atoms with E-state index in [1.54, 1.807) is 0 Å². The highest BCUT2D eigenvalue weighted by Gasteiger charge is 2.35. The van der Waals surface area contributed by atoms with Crippen molar-refractivity contribution in [3.63, 3.8) is 0 Å². The third kappa shape index (κ3) is 3.89. The number of rotatable bonds is 5. The maximum absolute atomic E-state index is 12.9. The first kappa shape index (κ1) is 15.3. The average Bonchev–Trinajstić information content (AvgIpc) is 2.27. The van der Waals surface area contributed by atoms with Crippen molar-refractivity contribution in [2.45, 2.75) is 44.8 Å². The molecule has 102 valence electrons. The number of benzene rings is 1. The van der Waals surface area contributed by atoms with Crippen molar-refractivity contribution in [3.8, 4) is 0 Å². The van der Waals surface area contributed by atoms with E-state index in [2.05, 4.69) is 0 Å². The predicted octanol–water partition coefficient (Wildman–Crippen LogP) is 4.94. The second-order valence-electron chi connectivity index (χ2n) is 4.30. The van der Waals surface area contributed by atoms with Gasteiger partial charge < -0.3 is 5.73 Å². The molecule has 0 aromatic heterocycles. The first-order valence-electron chi connectivity index (χ1n) is 5.99. The molecule has 18 heavy (non-hydrogen) atoms. The number of hydrogen-bond acceptors (Lipinski definition) is 1. The van der Waals surface area contributed by atoms with Crippen LogP contribution in [-0.4, -0.2) is 0 Å². The third-order valence-electron chi connectivity index (χ3n) is 2.85. The minimum absolute atomic E-state index is 0.0165. The average molecular weight is 280 g/mol. The maximum atomic E-state index is 12.9. The number of nitrogens with two attached hydrogens (primary N) is 1. The zero-order valence-corrected chi connectivity index (χ0v) is 11.0. The van der Waals surface area contributed by atoms with Gasteiger partial charge in [-0.05, 0) is 24.1 Å². The summed E-state index contributed by atoms with van der Waals surface area (Å²) in [6.45, 7) is 2.03. The van der Waals surface area contributed by atoms with E-state index in [1.807, 2.05) is 6.92 Å². The molecule has 1 nitrogen and oxygen atoms in total. The topological polar surface area (TPSA) is 26.0 Å². The Kier molecular flexibility index (Phi) is 5.47. The fourth-order valence-corrected chi connectivity index (χ4v) is 2.23. The van der Waals surface area contributed by atoms with E-state index in [0.29, 0.717) is 6.42 Å². The Morgan fingerprint density at radius 2 is 1.94 bits per heavy atom.